The summed E-state index contributed by atoms with van der Waals surface area (Å²) in [4.78, 5) is 15.8. The van der Waals surface area contributed by atoms with E-state index in [1.807, 2.05) is 19.2 Å². The van der Waals surface area contributed by atoms with Gasteiger partial charge in [-0.3, -0.25) is 4.68 Å². The average molecular weight is 341 g/mol. The molecule has 0 radical (unpaired) electrons. The number of methoxy groups -OCH3 is 1. The van der Waals surface area contributed by atoms with Gasteiger partial charge < -0.3 is 10.5 Å². The number of benzene rings is 1. The van der Waals surface area contributed by atoms with Gasteiger partial charge >= 0.3 is 5.97 Å². The number of nitrogens with two attached hydrogens (primary N) is 1. The molecule has 0 fully saturated rings. The highest BCUT2D eigenvalue weighted by molar-refractivity contribution is 6.31. The molecule has 0 aliphatic heterocycles. The summed E-state index contributed by atoms with van der Waals surface area (Å²) in [6, 6.07) is 6.95. The molecular weight excluding hydrogens is 328 g/mol. The molecule has 0 aliphatic rings. The van der Waals surface area contributed by atoms with Crippen molar-refractivity contribution in [2.45, 2.75) is 0 Å². The Morgan fingerprint density at radius 1 is 1.29 bits per heavy atom. The third-order valence-corrected chi connectivity index (χ3v) is 3.74. The molecule has 2 N–H and O–H groups in total. The number of esters is 1. The molecule has 0 bridgehead atoms. The molecule has 6 nitrogen and oxygen atoms in total. The fraction of sp³-hybridized carbons (Fsp3) is 0.118. The van der Waals surface area contributed by atoms with Gasteiger partial charge in [-0.05, 0) is 36.1 Å². The van der Waals surface area contributed by atoms with Crippen LogP contribution in [0.5, 0.6) is 0 Å². The van der Waals surface area contributed by atoms with Crippen molar-refractivity contribution in [1.82, 2.24) is 14.8 Å². The Hall–Kier alpha value is -3.04. The maximum Gasteiger partial charge on any atom is 0.340 e. The number of aryl methyl sites for hydroxylation is 1. The lowest BCUT2D eigenvalue weighted by molar-refractivity contribution is 0.0602. The molecule has 0 spiro atoms. The van der Waals surface area contributed by atoms with Crippen molar-refractivity contribution in [3.05, 3.63) is 52.4 Å². The number of ether oxygens (including phenoxy) is 1. The van der Waals surface area contributed by atoms with Crippen LogP contribution in [0.4, 0.5) is 5.69 Å². The Kier molecular flexibility index (Phi) is 4.11. The Balaban J connectivity index is 2.07. The summed E-state index contributed by atoms with van der Waals surface area (Å²) in [6.07, 6.45) is 1.46. The molecular formula is C17H13ClN4O2. The zero-order chi connectivity index (χ0) is 17.3. The SMILES string of the molecule is COC(=O)c1ccnc(C#Cc2nn(C)c3cc(Cl)ccc23)c1N. The summed E-state index contributed by atoms with van der Waals surface area (Å²) < 4.78 is 6.39. The fourth-order valence-electron chi connectivity index (χ4n) is 2.30. The maximum atomic E-state index is 11.7. The number of rotatable bonds is 1. The molecule has 0 unspecified atom stereocenters. The lowest BCUT2D eigenvalue weighted by Crippen LogP contribution is -2.08. The number of fused-ring (bicyclic) bond motifs is 1. The number of aromatic nitrogens is 3. The summed E-state index contributed by atoms with van der Waals surface area (Å²) >= 11 is 6.01. The first-order valence-corrected chi connectivity index (χ1v) is 7.36. The van der Waals surface area contributed by atoms with E-state index in [1.54, 1.807) is 10.7 Å². The van der Waals surface area contributed by atoms with Gasteiger partial charge in [-0.15, -0.1) is 0 Å². The summed E-state index contributed by atoms with van der Waals surface area (Å²) in [6.45, 7) is 0. The van der Waals surface area contributed by atoms with Gasteiger partial charge in [0, 0.05) is 23.7 Å². The van der Waals surface area contributed by atoms with Crippen LogP contribution in [0.3, 0.4) is 0 Å². The van der Waals surface area contributed by atoms with E-state index in [0.29, 0.717) is 16.4 Å². The van der Waals surface area contributed by atoms with Crippen molar-refractivity contribution in [3.63, 3.8) is 0 Å². The number of hydrogen-bond acceptors (Lipinski definition) is 5. The van der Waals surface area contributed by atoms with Crippen molar-refractivity contribution in [3.8, 4) is 11.8 Å². The minimum Gasteiger partial charge on any atom is -0.465 e. The van der Waals surface area contributed by atoms with Crippen LogP contribution in [0, 0.1) is 11.8 Å². The molecule has 120 valence electrons. The smallest absolute Gasteiger partial charge is 0.340 e. The topological polar surface area (TPSA) is 83.0 Å². The molecule has 0 amide bonds. The van der Waals surface area contributed by atoms with Gasteiger partial charge in [0.15, 0.2) is 0 Å². The lowest BCUT2D eigenvalue weighted by Gasteiger charge is -2.03. The molecule has 0 aliphatic carbocycles. The standard InChI is InChI=1S/C17H13ClN4O2/c1-22-15-9-10(18)3-4-11(15)13(21-22)5-6-14-16(19)12(7-8-20-14)17(23)24-2/h3-4,7-9H,19H2,1-2H3. The normalized spacial score (nSPS) is 10.3. The Morgan fingerprint density at radius 3 is 2.79 bits per heavy atom. The number of carbonyl (C=O) groups is 1. The highest BCUT2D eigenvalue weighted by Crippen LogP contribution is 2.22. The number of hydrogen-bond donors (Lipinski definition) is 1. The van der Waals surface area contributed by atoms with Crippen LogP contribution in [0.1, 0.15) is 21.7 Å². The van der Waals surface area contributed by atoms with E-state index in [2.05, 4.69) is 26.7 Å². The molecule has 7 heteroatoms. The predicted octanol–water partition coefficient (Wildman–Crippen LogP) is 2.39. The van der Waals surface area contributed by atoms with Crippen LogP contribution < -0.4 is 5.73 Å². The summed E-state index contributed by atoms with van der Waals surface area (Å²) in [7, 11) is 3.10. The van der Waals surface area contributed by atoms with Gasteiger partial charge in [-0.1, -0.05) is 11.6 Å². The molecule has 3 aromatic rings. The molecule has 0 atom stereocenters. The van der Waals surface area contributed by atoms with Gasteiger partial charge in [0.1, 0.15) is 11.4 Å². The molecule has 2 heterocycles. The first-order valence-electron chi connectivity index (χ1n) is 6.98. The van der Waals surface area contributed by atoms with Gasteiger partial charge in [-0.2, -0.15) is 5.10 Å². The van der Waals surface area contributed by atoms with E-state index in [4.69, 9.17) is 17.3 Å². The van der Waals surface area contributed by atoms with Crippen molar-refractivity contribution in [2.24, 2.45) is 7.05 Å². The second-order valence-corrected chi connectivity index (χ2v) is 5.43. The quantitative estimate of drug-likeness (QED) is 0.543. The Morgan fingerprint density at radius 2 is 2.04 bits per heavy atom. The van der Waals surface area contributed by atoms with E-state index >= 15 is 0 Å². The molecule has 24 heavy (non-hydrogen) atoms. The third-order valence-electron chi connectivity index (χ3n) is 3.51. The molecule has 1 aromatic carbocycles. The van der Waals surface area contributed by atoms with Crippen molar-refractivity contribution in [1.29, 1.82) is 0 Å². The first kappa shape index (κ1) is 15.8. The van der Waals surface area contributed by atoms with Gasteiger partial charge in [-0.25, -0.2) is 9.78 Å². The van der Waals surface area contributed by atoms with Crippen LogP contribution in [-0.2, 0) is 11.8 Å². The summed E-state index contributed by atoms with van der Waals surface area (Å²) in [5.41, 5.74) is 8.11. The number of nitrogen functional groups attached to an aromatic ring is 1. The largest absolute Gasteiger partial charge is 0.465 e. The third kappa shape index (κ3) is 2.77. The van der Waals surface area contributed by atoms with Crippen molar-refractivity contribution >= 4 is 34.2 Å². The summed E-state index contributed by atoms with van der Waals surface area (Å²) in [5.74, 6) is 5.28. The van der Waals surface area contributed by atoms with E-state index < -0.39 is 5.97 Å². The second kappa shape index (κ2) is 6.22. The number of anilines is 1. The second-order valence-electron chi connectivity index (χ2n) is 5.00. The van der Waals surface area contributed by atoms with Gasteiger partial charge in [0.25, 0.3) is 0 Å². The van der Waals surface area contributed by atoms with Crippen LogP contribution in [-0.4, -0.2) is 27.8 Å². The maximum absolute atomic E-state index is 11.7. The average Bonchev–Trinajstić information content (AvgIpc) is 2.89. The summed E-state index contributed by atoms with van der Waals surface area (Å²) in [5, 5.41) is 5.87. The minimum absolute atomic E-state index is 0.181. The molecule has 3 rings (SSSR count). The molecule has 2 aromatic heterocycles. The van der Waals surface area contributed by atoms with Crippen LogP contribution in [0.25, 0.3) is 10.9 Å². The predicted molar refractivity (Wildman–Crippen MR) is 91.7 cm³/mol. The van der Waals surface area contributed by atoms with E-state index in [-0.39, 0.29) is 11.3 Å². The highest BCUT2D eigenvalue weighted by atomic mass is 35.5. The number of nitrogens with zero attached hydrogens (tertiary/aromatic N) is 3. The highest BCUT2D eigenvalue weighted by Gasteiger charge is 2.13. The monoisotopic (exact) mass is 340 g/mol. The molecule has 0 saturated heterocycles. The van der Waals surface area contributed by atoms with E-state index in [9.17, 15) is 4.79 Å². The van der Waals surface area contributed by atoms with Crippen molar-refractivity contribution in [2.75, 3.05) is 12.8 Å². The zero-order valence-electron chi connectivity index (χ0n) is 13.0. The lowest BCUT2D eigenvalue weighted by atomic mass is 10.1. The van der Waals surface area contributed by atoms with Gasteiger partial charge in [0.05, 0.1) is 23.9 Å². The number of carbonyl (C=O) groups excluding carboxylic acids is 1. The van der Waals surface area contributed by atoms with Crippen LogP contribution in [0.2, 0.25) is 5.02 Å². The van der Waals surface area contributed by atoms with Gasteiger partial charge in [0.2, 0.25) is 0 Å². The Bertz CT molecular complexity index is 1010. The number of halogens is 1. The van der Waals surface area contributed by atoms with E-state index in [1.165, 1.54) is 19.4 Å². The minimum atomic E-state index is -0.532. The molecule has 0 saturated carbocycles. The zero-order valence-corrected chi connectivity index (χ0v) is 13.8. The Labute approximate surface area is 143 Å². The van der Waals surface area contributed by atoms with Crippen molar-refractivity contribution < 1.29 is 9.53 Å². The van der Waals surface area contributed by atoms with Crippen LogP contribution >= 0.6 is 11.6 Å². The fourth-order valence-corrected chi connectivity index (χ4v) is 2.47. The number of pyridine rings is 1. The van der Waals surface area contributed by atoms with Crippen LogP contribution in [0.15, 0.2) is 30.5 Å². The first-order chi connectivity index (χ1) is 11.5. The van der Waals surface area contributed by atoms with E-state index in [0.717, 1.165) is 10.9 Å².